The molecule has 0 bridgehead atoms. The lowest BCUT2D eigenvalue weighted by Gasteiger charge is -2.09. The average molecular weight is 252 g/mol. The Balaban J connectivity index is 2.79. The quantitative estimate of drug-likeness (QED) is 0.753. The lowest BCUT2D eigenvalue weighted by molar-refractivity contribution is -0.137. The minimum absolute atomic E-state index is 0.0158. The van der Waals surface area contributed by atoms with E-state index in [2.05, 4.69) is 0 Å². The van der Waals surface area contributed by atoms with E-state index in [4.69, 9.17) is 14.6 Å². The lowest BCUT2D eigenvalue weighted by Crippen LogP contribution is -2.04. The molecule has 0 spiro atoms. The fourth-order valence-electron chi connectivity index (χ4n) is 1.57. The average Bonchev–Trinajstić information content (AvgIpc) is 2.37. The van der Waals surface area contributed by atoms with E-state index in [0.717, 1.165) is 0 Å². The fourth-order valence-corrected chi connectivity index (χ4v) is 1.57. The van der Waals surface area contributed by atoms with Crippen molar-refractivity contribution in [2.24, 2.45) is 0 Å². The van der Waals surface area contributed by atoms with Gasteiger partial charge in [0.1, 0.15) is 11.5 Å². The zero-order valence-corrected chi connectivity index (χ0v) is 10.4. The van der Waals surface area contributed by atoms with Gasteiger partial charge in [-0.15, -0.1) is 0 Å². The van der Waals surface area contributed by atoms with Gasteiger partial charge < -0.3 is 14.6 Å². The van der Waals surface area contributed by atoms with Gasteiger partial charge in [-0.2, -0.15) is 0 Å². The molecule has 98 valence electrons. The predicted molar refractivity (Wildman–Crippen MR) is 65.4 cm³/mol. The first-order valence-corrected chi connectivity index (χ1v) is 5.55. The summed E-state index contributed by atoms with van der Waals surface area (Å²) in [5, 5.41) is 8.52. The number of benzene rings is 1. The van der Waals surface area contributed by atoms with Gasteiger partial charge in [-0.25, -0.2) is 0 Å². The molecule has 0 aliphatic rings. The van der Waals surface area contributed by atoms with Crippen LogP contribution in [0.3, 0.4) is 0 Å². The minimum Gasteiger partial charge on any atom is -0.497 e. The Hall–Kier alpha value is -2.04. The Labute approximate surface area is 105 Å². The van der Waals surface area contributed by atoms with Crippen LogP contribution < -0.4 is 9.47 Å². The van der Waals surface area contributed by atoms with Crippen LogP contribution in [0.25, 0.3) is 0 Å². The number of ether oxygens (including phenoxy) is 2. The van der Waals surface area contributed by atoms with E-state index in [9.17, 15) is 9.59 Å². The number of rotatable bonds is 7. The Morgan fingerprint density at radius 1 is 1.17 bits per heavy atom. The van der Waals surface area contributed by atoms with E-state index in [0.29, 0.717) is 23.5 Å². The summed E-state index contributed by atoms with van der Waals surface area (Å²) in [6.45, 7) is 0. The summed E-state index contributed by atoms with van der Waals surface area (Å²) in [6, 6.07) is 4.96. The van der Waals surface area contributed by atoms with Crippen LogP contribution in [0, 0.1) is 0 Å². The number of carboxylic acids is 1. The molecular formula is C13H16O5. The number of methoxy groups -OCH3 is 2. The third kappa shape index (κ3) is 3.76. The van der Waals surface area contributed by atoms with Crippen LogP contribution in [0.15, 0.2) is 18.2 Å². The number of carbonyl (C=O) groups is 2. The molecule has 18 heavy (non-hydrogen) atoms. The first-order chi connectivity index (χ1) is 8.58. The van der Waals surface area contributed by atoms with E-state index < -0.39 is 5.97 Å². The number of ketones is 1. The third-order valence-corrected chi connectivity index (χ3v) is 2.50. The third-order valence-electron chi connectivity index (χ3n) is 2.50. The molecule has 1 rings (SSSR count). The molecular weight excluding hydrogens is 236 g/mol. The molecule has 0 unspecified atom stereocenters. The van der Waals surface area contributed by atoms with Crippen molar-refractivity contribution in [3.63, 3.8) is 0 Å². The molecule has 1 aromatic rings. The van der Waals surface area contributed by atoms with Crippen molar-refractivity contribution in [1.82, 2.24) is 0 Å². The number of aliphatic carboxylic acids is 1. The van der Waals surface area contributed by atoms with Crippen molar-refractivity contribution in [3.8, 4) is 11.5 Å². The summed E-state index contributed by atoms with van der Waals surface area (Å²) in [6.07, 6.45) is 0.475. The largest absolute Gasteiger partial charge is 0.497 e. The van der Waals surface area contributed by atoms with E-state index >= 15 is 0 Å². The van der Waals surface area contributed by atoms with Crippen molar-refractivity contribution in [2.75, 3.05) is 14.2 Å². The molecule has 0 amide bonds. The van der Waals surface area contributed by atoms with Gasteiger partial charge >= 0.3 is 5.97 Å². The molecule has 5 nitrogen and oxygen atoms in total. The zero-order chi connectivity index (χ0) is 13.5. The topological polar surface area (TPSA) is 72.8 Å². The smallest absolute Gasteiger partial charge is 0.303 e. The maximum Gasteiger partial charge on any atom is 0.303 e. The van der Waals surface area contributed by atoms with Crippen molar-refractivity contribution in [1.29, 1.82) is 0 Å². The second-order valence-corrected chi connectivity index (χ2v) is 3.74. The standard InChI is InChI=1S/C13H16O5/c1-17-9-6-7-12(18-2)10(8-9)11(14)4-3-5-13(15)16/h6-8H,3-5H2,1-2H3,(H,15,16). The van der Waals surface area contributed by atoms with Crippen LogP contribution in [-0.4, -0.2) is 31.1 Å². The minimum atomic E-state index is -0.902. The molecule has 0 aliphatic heterocycles. The van der Waals surface area contributed by atoms with Crippen LogP contribution in [0.5, 0.6) is 11.5 Å². The van der Waals surface area contributed by atoms with Gasteiger partial charge in [-0.3, -0.25) is 9.59 Å². The SMILES string of the molecule is COc1ccc(OC)c(C(=O)CCCC(=O)O)c1. The van der Waals surface area contributed by atoms with Crippen LogP contribution in [0.2, 0.25) is 0 Å². The number of carbonyl (C=O) groups excluding carboxylic acids is 1. The molecule has 1 N–H and O–H groups in total. The van der Waals surface area contributed by atoms with Gasteiger partial charge in [0.05, 0.1) is 19.8 Å². The van der Waals surface area contributed by atoms with Crippen LogP contribution in [0.1, 0.15) is 29.6 Å². The second-order valence-electron chi connectivity index (χ2n) is 3.74. The maximum atomic E-state index is 11.9. The monoisotopic (exact) mass is 252 g/mol. The number of carboxylic acid groups (broad SMARTS) is 1. The highest BCUT2D eigenvalue weighted by atomic mass is 16.5. The summed E-state index contributed by atoms with van der Waals surface area (Å²) in [7, 11) is 3.00. The maximum absolute atomic E-state index is 11.9. The molecule has 0 atom stereocenters. The molecule has 0 saturated carbocycles. The predicted octanol–water partition coefficient (Wildman–Crippen LogP) is 2.14. The van der Waals surface area contributed by atoms with Crippen LogP contribution in [0.4, 0.5) is 0 Å². The van der Waals surface area contributed by atoms with Gasteiger partial charge in [-0.1, -0.05) is 0 Å². The van der Waals surface area contributed by atoms with Gasteiger partial charge in [0.2, 0.25) is 0 Å². The Morgan fingerprint density at radius 3 is 2.44 bits per heavy atom. The fraction of sp³-hybridized carbons (Fsp3) is 0.385. The molecule has 1 aromatic carbocycles. The Bertz CT molecular complexity index is 439. The van der Waals surface area contributed by atoms with Crippen molar-refractivity contribution >= 4 is 11.8 Å². The molecule has 0 aromatic heterocycles. The number of hydrogen-bond donors (Lipinski definition) is 1. The highest BCUT2D eigenvalue weighted by molar-refractivity contribution is 5.99. The zero-order valence-electron chi connectivity index (χ0n) is 10.4. The van der Waals surface area contributed by atoms with Crippen molar-refractivity contribution in [2.45, 2.75) is 19.3 Å². The van der Waals surface area contributed by atoms with Gasteiger partial charge in [0.15, 0.2) is 5.78 Å². The van der Waals surface area contributed by atoms with Crippen molar-refractivity contribution in [3.05, 3.63) is 23.8 Å². The molecule has 0 aliphatic carbocycles. The molecule has 0 radical (unpaired) electrons. The highest BCUT2D eigenvalue weighted by Gasteiger charge is 2.13. The van der Waals surface area contributed by atoms with Gasteiger partial charge in [0, 0.05) is 12.8 Å². The summed E-state index contributed by atoms with van der Waals surface area (Å²) in [4.78, 5) is 22.3. The van der Waals surface area contributed by atoms with Crippen LogP contribution >= 0.6 is 0 Å². The van der Waals surface area contributed by atoms with Gasteiger partial charge in [-0.05, 0) is 24.6 Å². The first kappa shape index (κ1) is 14.0. The number of hydrogen-bond acceptors (Lipinski definition) is 4. The second kappa shape index (κ2) is 6.64. The van der Waals surface area contributed by atoms with E-state index in [1.165, 1.54) is 14.2 Å². The molecule has 5 heteroatoms. The van der Waals surface area contributed by atoms with Crippen LogP contribution in [-0.2, 0) is 4.79 Å². The summed E-state index contributed by atoms with van der Waals surface area (Å²) in [5.74, 6) is -0.0130. The highest BCUT2D eigenvalue weighted by Crippen LogP contribution is 2.25. The Kier molecular flexibility index (Phi) is 5.17. The summed E-state index contributed by atoms with van der Waals surface area (Å²) >= 11 is 0. The van der Waals surface area contributed by atoms with Gasteiger partial charge in [0.25, 0.3) is 0 Å². The normalized spacial score (nSPS) is 9.89. The number of Topliss-reactive ketones (excluding diaryl/α,β-unsaturated/α-hetero) is 1. The van der Waals surface area contributed by atoms with E-state index in [1.54, 1.807) is 18.2 Å². The van der Waals surface area contributed by atoms with E-state index in [-0.39, 0.29) is 18.6 Å². The molecule has 0 saturated heterocycles. The summed E-state index contributed by atoms with van der Waals surface area (Å²) < 4.78 is 10.1. The van der Waals surface area contributed by atoms with Crippen molar-refractivity contribution < 1.29 is 24.2 Å². The Morgan fingerprint density at radius 2 is 1.89 bits per heavy atom. The van der Waals surface area contributed by atoms with E-state index in [1.807, 2.05) is 0 Å². The first-order valence-electron chi connectivity index (χ1n) is 5.55. The molecule has 0 heterocycles. The summed E-state index contributed by atoms with van der Waals surface area (Å²) in [5.41, 5.74) is 0.419. The molecule has 0 fully saturated rings. The lowest BCUT2D eigenvalue weighted by atomic mass is 10.0.